The van der Waals surface area contributed by atoms with Crippen molar-refractivity contribution in [3.05, 3.63) is 54.2 Å². The molecule has 1 fully saturated rings. The number of H-pyrrole nitrogens is 1. The summed E-state index contributed by atoms with van der Waals surface area (Å²) in [6, 6.07) is 9.18. The van der Waals surface area contributed by atoms with Crippen LogP contribution in [0.15, 0.2) is 42.9 Å². The first-order chi connectivity index (χ1) is 15.6. The summed E-state index contributed by atoms with van der Waals surface area (Å²) in [5.41, 5.74) is 5.35. The number of urea groups is 1. The van der Waals surface area contributed by atoms with E-state index in [9.17, 15) is 4.79 Å². The van der Waals surface area contributed by atoms with Gasteiger partial charge >= 0.3 is 6.03 Å². The molecule has 10 nitrogen and oxygen atoms in total. The van der Waals surface area contributed by atoms with Gasteiger partial charge < -0.3 is 15.6 Å². The number of nitrogens with zero attached hydrogens (tertiary/aromatic N) is 5. The van der Waals surface area contributed by atoms with Crippen LogP contribution in [0.2, 0.25) is 0 Å². The van der Waals surface area contributed by atoms with Crippen LogP contribution < -0.4 is 10.6 Å². The van der Waals surface area contributed by atoms with Gasteiger partial charge in [-0.15, -0.1) is 0 Å². The summed E-state index contributed by atoms with van der Waals surface area (Å²) in [5.74, 6) is 1.40. The van der Waals surface area contributed by atoms with E-state index in [0.29, 0.717) is 36.0 Å². The third-order valence-corrected chi connectivity index (χ3v) is 5.19. The number of nitrogens with one attached hydrogen (secondary N) is 3. The van der Waals surface area contributed by atoms with E-state index in [0.717, 1.165) is 34.6 Å². The van der Waals surface area contributed by atoms with Gasteiger partial charge in [-0.3, -0.25) is 4.84 Å². The molecule has 0 spiro atoms. The van der Waals surface area contributed by atoms with Crippen LogP contribution in [-0.4, -0.2) is 49.2 Å². The number of carbonyl (C=O) groups excluding carboxylic acids is 1. The zero-order chi connectivity index (χ0) is 22.1. The summed E-state index contributed by atoms with van der Waals surface area (Å²) in [4.78, 5) is 38.6. The molecule has 10 heteroatoms. The lowest BCUT2D eigenvalue weighted by atomic mass is 10.1. The maximum absolute atomic E-state index is 12.4. The zero-order valence-electron chi connectivity index (χ0n) is 17.7. The monoisotopic (exact) mass is 430 g/mol. The summed E-state index contributed by atoms with van der Waals surface area (Å²) >= 11 is 0. The van der Waals surface area contributed by atoms with Crippen LogP contribution in [0.4, 0.5) is 22.0 Å². The van der Waals surface area contributed by atoms with E-state index in [1.165, 1.54) is 11.4 Å². The van der Waals surface area contributed by atoms with Gasteiger partial charge in [0.15, 0.2) is 5.65 Å². The molecule has 1 aliphatic rings. The van der Waals surface area contributed by atoms with E-state index >= 15 is 0 Å². The minimum atomic E-state index is -0.283. The Kier molecular flexibility index (Phi) is 5.12. The third kappa shape index (κ3) is 3.83. The van der Waals surface area contributed by atoms with E-state index in [4.69, 9.17) is 4.84 Å². The molecule has 2 amide bonds. The van der Waals surface area contributed by atoms with Gasteiger partial charge in [-0.1, -0.05) is 6.07 Å². The fourth-order valence-electron chi connectivity index (χ4n) is 3.60. The second kappa shape index (κ2) is 8.23. The van der Waals surface area contributed by atoms with Crippen molar-refractivity contribution >= 4 is 34.4 Å². The van der Waals surface area contributed by atoms with Gasteiger partial charge in [0.25, 0.3) is 0 Å². The van der Waals surface area contributed by atoms with Gasteiger partial charge in [0.2, 0.25) is 0 Å². The van der Waals surface area contributed by atoms with Crippen molar-refractivity contribution in [3.63, 3.8) is 0 Å². The van der Waals surface area contributed by atoms with Gasteiger partial charge in [0.1, 0.15) is 29.2 Å². The molecular weight excluding hydrogens is 408 g/mol. The normalized spacial score (nSPS) is 13.5. The van der Waals surface area contributed by atoms with Crippen LogP contribution in [-0.2, 0) is 4.84 Å². The number of hydroxylamine groups is 2. The Labute approximate surface area is 184 Å². The number of aromatic amines is 1. The minimum absolute atomic E-state index is 0.283. The number of amides is 2. The molecule has 3 aromatic heterocycles. The lowest BCUT2D eigenvalue weighted by molar-refractivity contribution is -0.0614. The molecule has 5 rings (SSSR count). The van der Waals surface area contributed by atoms with Gasteiger partial charge in [0.05, 0.1) is 13.2 Å². The second-order valence-corrected chi connectivity index (χ2v) is 7.52. The van der Waals surface area contributed by atoms with Crippen LogP contribution in [0.5, 0.6) is 0 Å². The Morgan fingerprint density at radius 1 is 1.19 bits per heavy atom. The number of aromatic nitrogens is 5. The molecule has 3 N–H and O–H groups in total. The average Bonchev–Trinajstić information content (AvgIpc) is 3.45. The molecule has 0 saturated carbocycles. The molecule has 4 aromatic rings. The fraction of sp³-hybridized carbons (Fsp3) is 0.227. The number of aryl methyl sites for hydroxylation is 2. The Bertz CT molecular complexity index is 1300. The summed E-state index contributed by atoms with van der Waals surface area (Å²) in [6.45, 7) is 5.01. The number of imidazole rings is 1. The van der Waals surface area contributed by atoms with Crippen molar-refractivity contribution in [2.24, 2.45) is 0 Å². The maximum atomic E-state index is 12.4. The molecule has 162 valence electrons. The number of pyridine rings is 1. The molecule has 0 aliphatic carbocycles. The van der Waals surface area contributed by atoms with Gasteiger partial charge in [-0.2, -0.15) is 0 Å². The fourth-order valence-corrected chi connectivity index (χ4v) is 3.60. The summed E-state index contributed by atoms with van der Waals surface area (Å²) in [6.07, 6.45) is 4.05. The number of carbonyl (C=O) groups is 1. The highest BCUT2D eigenvalue weighted by Gasteiger charge is 2.20. The molecule has 0 atom stereocenters. The van der Waals surface area contributed by atoms with Crippen LogP contribution in [0, 0.1) is 13.8 Å². The topological polar surface area (TPSA) is 121 Å². The van der Waals surface area contributed by atoms with E-state index in [1.807, 2.05) is 44.2 Å². The van der Waals surface area contributed by atoms with E-state index < -0.39 is 0 Å². The lowest BCUT2D eigenvalue weighted by Crippen LogP contribution is -2.31. The van der Waals surface area contributed by atoms with Crippen molar-refractivity contribution in [2.45, 2.75) is 20.3 Å². The number of fused-ring (bicyclic) bond motifs is 1. The highest BCUT2D eigenvalue weighted by Crippen LogP contribution is 2.32. The van der Waals surface area contributed by atoms with Crippen LogP contribution >= 0.6 is 0 Å². The molecular formula is C22H22N8O2. The SMILES string of the molecule is Cc1nc2ncnc(-c3cccnc3Nc3cc(NC(=O)N4CCCO4)ccc3C)c2[nH]1. The quantitative estimate of drug-likeness (QED) is 0.448. The molecule has 1 aromatic carbocycles. The van der Waals surface area contributed by atoms with E-state index in [-0.39, 0.29) is 6.03 Å². The van der Waals surface area contributed by atoms with Crippen LogP contribution in [0.3, 0.4) is 0 Å². The first-order valence-corrected chi connectivity index (χ1v) is 10.3. The number of hydrogen-bond donors (Lipinski definition) is 3. The molecule has 32 heavy (non-hydrogen) atoms. The summed E-state index contributed by atoms with van der Waals surface area (Å²) in [7, 11) is 0. The van der Waals surface area contributed by atoms with Crippen molar-refractivity contribution < 1.29 is 9.63 Å². The van der Waals surface area contributed by atoms with Gasteiger partial charge in [-0.05, 0) is 50.1 Å². The Hall–Kier alpha value is -4.05. The largest absolute Gasteiger partial charge is 0.345 e. The van der Waals surface area contributed by atoms with Gasteiger partial charge in [0, 0.05) is 23.1 Å². The summed E-state index contributed by atoms with van der Waals surface area (Å²) in [5, 5.41) is 7.61. The van der Waals surface area contributed by atoms with Crippen LogP contribution in [0.1, 0.15) is 17.8 Å². The number of anilines is 3. The molecule has 0 unspecified atom stereocenters. The summed E-state index contributed by atoms with van der Waals surface area (Å²) < 4.78 is 0. The Morgan fingerprint density at radius 2 is 2.09 bits per heavy atom. The highest BCUT2D eigenvalue weighted by molar-refractivity contribution is 5.92. The highest BCUT2D eigenvalue weighted by atomic mass is 16.7. The Morgan fingerprint density at radius 3 is 2.94 bits per heavy atom. The predicted octanol–water partition coefficient (Wildman–Crippen LogP) is 3.94. The standard InChI is InChI=1S/C22H22N8O2/c1-13-6-7-15(28-22(31)30-9-4-10-32-30)11-17(13)29-20-16(5-3-8-23-20)18-19-21(25-12-24-18)27-14(2)26-19/h3,5-8,11-12H,4,9-10H2,1-2H3,(H,23,29)(H,28,31)(H,24,25,26,27). The minimum Gasteiger partial charge on any atom is -0.339 e. The molecule has 0 radical (unpaired) electrons. The predicted molar refractivity (Wildman–Crippen MR) is 120 cm³/mol. The Balaban J connectivity index is 1.46. The number of rotatable bonds is 4. The average molecular weight is 430 g/mol. The van der Waals surface area contributed by atoms with E-state index in [2.05, 4.69) is 35.6 Å². The van der Waals surface area contributed by atoms with Crippen molar-refractivity contribution in [2.75, 3.05) is 23.8 Å². The first-order valence-electron chi connectivity index (χ1n) is 10.3. The van der Waals surface area contributed by atoms with E-state index in [1.54, 1.807) is 6.20 Å². The number of benzene rings is 1. The molecule has 1 saturated heterocycles. The molecule has 1 aliphatic heterocycles. The van der Waals surface area contributed by atoms with Crippen LogP contribution in [0.25, 0.3) is 22.4 Å². The third-order valence-electron chi connectivity index (χ3n) is 5.19. The molecule has 4 heterocycles. The lowest BCUT2D eigenvalue weighted by Gasteiger charge is -2.17. The smallest absolute Gasteiger partial charge is 0.339 e. The number of hydrogen-bond acceptors (Lipinski definition) is 7. The van der Waals surface area contributed by atoms with Crippen molar-refractivity contribution in [1.82, 2.24) is 30.0 Å². The van der Waals surface area contributed by atoms with Gasteiger partial charge in [-0.25, -0.2) is 29.8 Å². The van der Waals surface area contributed by atoms with Crippen molar-refractivity contribution in [3.8, 4) is 11.3 Å². The first kappa shape index (κ1) is 19.9. The maximum Gasteiger partial charge on any atom is 0.345 e. The van der Waals surface area contributed by atoms with Crippen molar-refractivity contribution in [1.29, 1.82) is 0 Å². The zero-order valence-corrected chi connectivity index (χ0v) is 17.7. The molecule has 0 bridgehead atoms. The second-order valence-electron chi connectivity index (χ2n) is 7.52.